The second kappa shape index (κ2) is 4.24. The first-order valence-electron chi connectivity index (χ1n) is 4.10. The summed E-state index contributed by atoms with van der Waals surface area (Å²) in [4.78, 5) is 0. The van der Waals surface area contributed by atoms with Crippen molar-refractivity contribution in [2.45, 2.75) is 32.3 Å². The molecule has 0 radical (unpaired) electrons. The largest absolute Gasteiger partial charge is 0.392 e. The van der Waals surface area contributed by atoms with Crippen molar-refractivity contribution in [2.75, 3.05) is 11.5 Å². The Morgan fingerprint density at radius 3 is 2.80 bits per heavy atom. The van der Waals surface area contributed by atoms with Crippen LogP contribution in [0.1, 0.15) is 26.2 Å². The van der Waals surface area contributed by atoms with E-state index < -0.39 is 0 Å². The molecule has 60 valence electrons. The predicted octanol–water partition coefficient (Wildman–Crippen LogP) is 1.90. The fourth-order valence-electron chi connectivity index (χ4n) is 1.33. The van der Waals surface area contributed by atoms with Crippen molar-refractivity contribution in [3.05, 3.63) is 0 Å². The van der Waals surface area contributed by atoms with Crippen molar-refractivity contribution in [2.24, 2.45) is 5.92 Å². The lowest BCUT2D eigenvalue weighted by Crippen LogP contribution is -2.17. The van der Waals surface area contributed by atoms with E-state index in [9.17, 15) is 5.11 Å². The molecule has 2 unspecified atom stereocenters. The second-order valence-corrected chi connectivity index (χ2v) is 4.08. The molecule has 0 aliphatic carbocycles. The molecule has 0 spiro atoms. The summed E-state index contributed by atoms with van der Waals surface area (Å²) in [5, 5.41) is 9.39. The van der Waals surface area contributed by atoms with Crippen molar-refractivity contribution in [1.82, 2.24) is 0 Å². The number of aliphatic hydroxyl groups excluding tert-OH is 1. The quantitative estimate of drug-likeness (QED) is 0.680. The zero-order valence-corrected chi connectivity index (χ0v) is 7.36. The molecule has 1 fully saturated rings. The molecule has 0 bridgehead atoms. The van der Waals surface area contributed by atoms with E-state index in [1.54, 1.807) is 0 Å². The molecule has 2 atom stereocenters. The third kappa shape index (κ3) is 2.17. The molecule has 1 saturated heterocycles. The summed E-state index contributed by atoms with van der Waals surface area (Å²) in [6, 6.07) is 0. The van der Waals surface area contributed by atoms with Crippen molar-refractivity contribution in [3.8, 4) is 0 Å². The standard InChI is InChI=1S/C8H16OS/c1-2-3-4-7-5-10-6-8(7)9/h7-9H,2-6H2,1H3. The van der Waals surface area contributed by atoms with E-state index in [1.807, 2.05) is 11.8 Å². The smallest absolute Gasteiger partial charge is 0.0666 e. The van der Waals surface area contributed by atoms with Crippen molar-refractivity contribution in [3.63, 3.8) is 0 Å². The highest BCUT2D eigenvalue weighted by Crippen LogP contribution is 2.27. The summed E-state index contributed by atoms with van der Waals surface area (Å²) in [7, 11) is 0. The molecule has 0 aromatic heterocycles. The van der Waals surface area contributed by atoms with Gasteiger partial charge in [0.25, 0.3) is 0 Å². The third-order valence-corrected chi connectivity index (χ3v) is 3.33. The Bertz CT molecular complexity index is 95.3. The Kier molecular flexibility index (Phi) is 3.57. The monoisotopic (exact) mass is 160 g/mol. The molecular formula is C8H16OS. The minimum absolute atomic E-state index is 0.00319. The van der Waals surface area contributed by atoms with Crippen LogP contribution < -0.4 is 0 Å². The third-order valence-electron chi connectivity index (χ3n) is 2.09. The van der Waals surface area contributed by atoms with Gasteiger partial charge in [-0.3, -0.25) is 0 Å². The fraction of sp³-hybridized carbons (Fsp3) is 1.00. The lowest BCUT2D eigenvalue weighted by Gasteiger charge is -2.11. The lowest BCUT2D eigenvalue weighted by molar-refractivity contribution is 0.143. The SMILES string of the molecule is CCCCC1CSCC1O. The van der Waals surface area contributed by atoms with Gasteiger partial charge >= 0.3 is 0 Å². The molecule has 10 heavy (non-hydrogen) atoms. The highest BCUT2D eigenvalue weighted by molar-refractivity contribution is 7.99. The fourth-order valence-corrected chi connectivity index (χ4v) is 2.67. The average Bonchev–Trinajstić information content (AvgIpc) is 2.31. The van der Waals surface area contributed by atoms with E-state index in [4.69, 9.17) is 0 Å². The topological polar surface area (TPSA) is 20.2 Å². The van der Waals surface area contributed by atoms with Crippen molar-refractivity contribution in [1.29, 1.82) is 0 Å². The molecule has 1 aliphatic heterocycles. The molecule has 1 nitrogen and oxygen atoms in total. The van der Waals surface area contributed by atoms with Gasteiger partial charge in [-0.25, -0.2) is 0 Å². The maximum absolute atomic E-state index is 9.39. The zero-order chi connectivity index (χ0) is 7.40. The van der Waals surface area contributed by atoms with Crippen LogP contribution in [-0.2, 0) is 0 Å². The first-order chi connectivity index (χ1) is 4.84. The molecule has 1 N–H and O–H groups in total. The molecule has 1 heterocycles. The van der Waals surface area contributed by atoms with Gasteiger partial charge in [0.1, 0.15) is 0 Å². The maximum Gasteiger partial charge on any atom is 0.0666 e. The minimum atomic E-state index is -0.00319. The highest BCUT2D eigenvalue weighted by atomic mass is 32.2. The van der Waals surface area contributed by atoms with E-state index in [0.717, 1.165) is 5.75 Å². The Balaban J connectivity index is 2.14. The molecule has 0 saturated carbocycles. The summed E-state index contributed by atoms with van der Waals surface area (Å²) in [6.45, 7) is 2.20. The number of aliphatic hydroxyl groups is 1. The lowest BCUT2D eigenvalue weighted by atomic mass is 10.00. The Hall–Kier alpha value is 0.310. The first-order valence-corrected chi connectivity index (χ1v) is 5.26. The van der Waals surface area contributed by atoms with E-state index in [1.165, 1.54) is 25.0 Å². The van der Waals surface area contributed by atoms with Crippen LogP contribution in [0.2, 0.25) is 0 Å². The maximum atomic E-state index is 9.39. The summed E-state index contributed by atoms with van der Waals surface area (Å²) in [6.07, 6.45) is 3.76. The molecule has 1 aliphatic rings. The molecular weight excluding hydrogens is 144 g/mol. The summed E-state index contributed by atoms with van der Waals surface area (Å²) in [5.41, 5.74) is 0. The molecule has 0 aromatic carbocycles. The van der Waals surface area contributed by atoms with E-state index >= 15 is 0 Å². The van der Waals surface area contributed by atoms with Gasteiger partial charge in [-0.1, -0.05) is 19.8 Å². The summed E-state index contributed by atoms with van der Waals surface area (Å²) in [5.74, 6) is 2.75. The zero-order valence-electron chi connectivity index (χ0n) is 6.55. The van der Waals surface area contributed by atoms with Gasteiger partial charge in [0.2, 0.25) is 0 Å². The van der Waals surface area contributed by atoms with Crippen LogP contribution in [0.4, 0.5) is 0 Å². The number of rotatable bonds is 3. The minimum Gasteiger partial charge on any atom is -0.392 e. The highest BCUT2D eigenvalue weighted by Gasteiger charge is 2.24. The molecule has 1 rings (SSSR count). The van der Waals surface area contributed by atoms with Gasteiger partial charge in [-0.2, -0.15) is 11.8 Å². The predicted molar refractivity (Wildman–Crippen MR) is 46.3 cm³/mol. The van der Waals surface area contributed by atoms with Gasteiger partial charge < -0.3 is 5.11 Å². The molecule has 0 amide bonds. The number of thioether (sulfide) groups is 1. The van der Waals surface area contributed by atoms with Gasteiger partial charge in [-0.05, 0) is 18.1 Å². The summed E-state index contributed by atoms with van der Waals surface area (Å²) < 4.78 is 0. The normalized spacial score (nSPS) is 33.0. The number of hydrogen-bond acceptors (Lipinski definition) is 2. The van der Waals surface area contributed by atoms with Crippen LogP contribution in [-0.4, -0.2) is 22.7 Å². The Morgan fingerprint density at radius 1 is 1.50 bits per heavy atom. The van der Waals surface area contributed by atoms with E-state index in [-0.39, 0.29) is 6.10 Å². The van der Waals surface area contributed by atoms with Crippen LogP contribution in [0.15, 0.2) is 0 Å². The van der Waals surface area contributed by atoms with Crippen molar-refractivity contribution < 1.29 is 5.11 Å². The van der Waals surface area contributed by atoms with Crippen molar-refractivity contribution >= 4 is 11.8 Å². The second-order valence-electron chi connectivity index (χ2n) is 3.01. The van der Waals surface area contributed by atoms with Gasteiger partial charge in [0, 0.05) is 5.75 Å². The van der Waals surface area contributed by atoms with Crippen LogP contribution in [0.25, 0.3) is 0 Å². The van der Waals surface area contributed by atoms with Crippen LogP contribution in [0.3, 0.4) is 0 Å². The van der Waals surface area contributed by atoms with Crippen LogP contribution >= 0.6 is 11.8 Å². The molecule has 2 heteroatoms. The Labute approximate surface area is 67.2 Å². The number of hydrogen-bond donors (Lipinski definition) is 1. The van der Waals surface area contributed by atoms with Gasteiger partial charge in [0.05, 0.1) is 6.10 Å². The summed E-state index contributed by atoms with van der Waals surface area (Å²) >= 11 is 1.89. The average molecular weight is 160 g/mol. The van der Waals surface area contributed by atoms with Gasteiger partial charge in [0.15, 0.2) is 0 Å². The first kappa shape index (κ1) is 8.41. The molecule has 0 aromatic rings. The van der Waals surface area contributed by atoms with E-state index in [0.29, 0.717) is 5.92 Å². The van der Waals surface area contributed by atoms with Crippen LogP contribution in [0.5, 0.6) is 0 Å². The van der Waals surface area contributed by atoms with E-state index in [2.05, 4.69) is 6.92 Å². The Morgan fingerprint density at radius 2 is 2.30 bits per heavy atom. The van der Waals surface area contributed by atoms with Gasteiger partial charge in [-0.15, -0.1) is 0 Å². The van der Waals surface area contributed by atoms with Crippen LogP contribution in [0, 0.1) is 5.92 Å². The number of unbranched alkanes of at least 4 members (excludes halogenated alkanes) is 1.